The maximum absolute atomic E-state index is 12.7. The largest absolute Gasteiger partial charge is 0.489 e. The molecule has 2 aromatic carbocycles. The van der Waals surface area contributed by atoms with E-state index in [4.69, 9.17) is 10.5 Å². The van der Waals surface area contributed by atoms with Crippen molar-refractivity contribution in [3.05, 3.63) is 66.0 Å². The van der Waals surface area contributed by atoms with Crippen LogP contribution in [-0.2, 0) is 11.2 Å². The number of ether oxygens (including phenoxy) is 1. The highest BCUT2D eigenvalue weighted by molar-refractivity contribution is 6.03. The van der Waals surface area contributed by atoms with E-state index in [0.29, 0.717) is 30.5 Å². The Morgan fingerprint density at radius 3 is 2.67 bits per heavy atom. The molecular formula is C19H19FN2O2. The SMILES string of the molecule is NC/C(=C\F)COc1cccc2c1CCC(=O)N2c1ccccc1. The molecule has 5 heteroatoms. The number of para-hydroxylation sites is 1. The quantitative estimate of drug-likeness (QED) is 0.915. The molecular weight excluding hydrogens is 307 g/mol. The minimum atomic E-state index is 0.0529. The molecule has 0 aliphatic carbocycles. The zero-order valence-electron chi connectivity index (χ0n) is 13.2. The van der Waals surface area contributed by atoms with Crippen molar-refractivity contribution in [1.82, 2.24) is 0 Å². The first kappa shape index (κ1) is 16.2. The number of nitrogens with two attached hydrogens (primary N) is 1. The molecule has 1 heterocycles. The van der Waals surface area contributed by atoms with Crippen molar-refractivity contribution in [3.63, 3.8) is 0 Å². The molecule has 1 aliphatic heterocycles. The molecule has 0 bridgehead atoms. The van der Waals surface area contributed by atoms with Crippen LogP contribution in [-0.4, -0.2) is 19.1 Å². The number of carbonyl (C=O) groups excluding carboxylic acids is 1. The number of amides is 1. The highest BCUT2D eigenvalue weighted by Gasteiger charge is 2.27. The Balaban J connectivity index is 1.95. The highest BCUT2D eigenvalue weighted by atomic mass is 19.1. The van der Waals surface area contributed by atoms with Gasteiger partial charge in [0.05, 0.1) is 12.0 Å². The Labute approximate surface area is 140 Å². The minimum Gasteiger partial charge on any atom is -0.489 e. The standard InChI is InChI=1S/C19H19FN2O2/c20-11-14(12-21)13-24-18-8-4-7-17-16(18)9-10-19(23)22(17)15-5-2-1-3-6-15/h1-8,11H,9-10,12-13,21H2/b14-11+. The van der Waals surface area contributed by atoms with Gasteiger partial charge in [0.25, 0.3) is 0 Å². The van der Waals surface area contributed by atoms with Gasteiger partial charge in [0.2, 0.25) is 5.91 Å². The number of nitrogens with zero attached hydrogens (tertiary/aromatic N) is 1. The van der Waals surface area contributed by atoms with Crippen LogP contribution in [0, 0.1) is 0 Å². The van der Waals surface area contributed by atoms with E-state index in [9.17, 15) is 9.18 Å². The third-order valence-electron chi connectivity index (χ3n) is 4.03. The first-order chi connectivity index (χ1) is 11.7. The number of benzene rings is 2. The van der Waals surface area contributed by atoms with Gasteiger partial charge in [-0.15, -0.1) is 0 Å². The summed E-state index contributed by atoms with van der Waals surface area (Å²) in [5.74, 6) is 0.714. The molecule has 0 saturated heterocycles. The average molecular weight is 326 g/mol. The topological polar surface area (TPSA) is 55.6 Å². The van der Waals surface area contributed by atoms with Gasteiger partial charge in [0.15, 0.2) is 0 Å². The monoisotopic (exact) mass is 326 g/mol. The van der Waals surface area contributed by atoms with Gasteiger partial charge in [-0.25, -0.2) is 4.39 Å². The summed E-state index contributed by atoms with van der Waals surface area (Å²) < 4.78 is 18.4. The summed E-state index contributed by atoms with van der Waals surface area (Å²) in [5, 5.41) is 0. The zero-order chi connectivity index (χ0) is 16.9. The van der Waals surface area contributed by atoms with Gasteiger partial charge in [0, 0.05) is 29.8 Å². The van der Waals surface area contributed by atoms with Gasteiger partial charge in [-0.3, -0.25) is 9.69 Å². The molecule has 2 N–H and O–H groups in total. The van der Waals surface area contributed by atoms with Gasteiger partial charge in [0.1, 0.15) is 12.4 Å². The molecule has 0 saturated carbocycles. The fraction of sp³-hybridized carbons (Fsp3) is 0.211. The Morgan fingerprint density at radius 1 is 1.17 bits per heavy atom. The molecule has 1 amide bonds. The van der Waals surface area contributed by atoms with E-state index in [0.717, 1.165) is 16.9 Å². The summed E-state index contributed by atoms with van der Waals surface area (Å²) in [7, 11) is 0. The lowest BCUT2D eigenvalue weighted by atomic mass is 9.99. The van der Waals surface area contributed by atoms with Crippen LogP contribution in [0.15, 0.2) is 60.4 Å². The number of fused-ring (bicyclic) bond motifs is 1. The van der Waals surface area contributed by atoms with Crippen LogP contribution in [0.5, 0.6) is 5.75 Å². The number of halogens is 1. The van der Waals surface area contributed by atoms with Gasteiger partial charge in [-0.2, -0.15) is 0 Å². The first-order valence-electron chi connectivity index (χ1n) is 7.85. The molecule has 124 valence electrons. The fourth-order valence-corrected chi connectivity index (χ4v) is 2.79. The van der Waals surface area contributed by atoms with E-state index in [-0.39, 0.29) is 19.1 Å². The lowest BCUT2D eigenvalue weighted by molar-refractivity contribution is -0.118. The molecule has 0 aromatic heterocycles. The number of rotatable bonds is 5. The molecule has 1 aliphatic rings. The van der Waals surface area contributed by atoms with Crippen molar-refractivity contribution in [1.29, 1.82) is 0 Å². The fourth-order valence-electron chi connectivity index (χ4n) is 2.79. The molecule has 2 aromatic rings. The van der Waals surface area contributed by atoms with Crippen LogP contribution in [0.2, 0.25) is 0 Å². The minimum absolute atomic E-state index is 0.0529. The predicted octanol–water partition coefficient (Wildman–Crippen LogP) is 3.49. The molecule has 0 spiro atoms. The van der Waals surface area contributed by atoms with Crippen LogP contribution in [0.25, 0.3) is 0 Å². The van der Waals surface area contributed by atoms with Crippen molar-refractivity contribution < 1.29 is 13.9 Å². The van der Waals surface area contributed by atoms with Crippen LogP contribution in [0.3, 0.4) is 0 Å². The van der Waals surface area contributed by atoms with Crippen molar-refractivity contribution in [2.75, 3.05) is 18.1 Å². The third-order valence-corrected chi connectivity index (χ3v) is 4.03. The van der Waals surface area contributed by atoms with Gasteiger partial charge < -0.3 is 10.5 Å². The second-order valence-corrected chi connectivity index (χ2v) is 5.58. The summed E-state index contributed by atoms with van der Waals surface area (Å²) in [4.78, 5) is 14.1. The molecule has 0 fully saturated rings. The average Bonchev–Trinajstić information content (AvgIpc) is 2.63. The first-order valence-corrected chi connectivity index (χ1v) is 7.85. The van der Waals surface area contributed by atoms with Crippen LogP contribution >= 0.6 is 0 Å². The Bertz CT molecular complexity index is 759. The number of anilines is 2. The normalized spacial score (nSPS) is 14.5. The maximum atomic E-state index is 12.7. The molecule has 4 nitrogen and oxygen atoms in total. The number of hydrogen-bond donors (Lipinski definition) is 1. The summed E-state index contributed by atoms with van der Waals surface area (Å²) in [5.41, 5.74) is 8.44. The predicted molar refractivity (Wildman–Crippen MR) is 92.1 cm³/mol. The lowest BCUT2D eigenvalue weighted by Gasteiger charge is -2.30. The second-order valence-electron chi connectivity index (χ2n) is 5.58. The summed E-state index contributed by atoms with van der Waals surface area (Å²) >= 11 is 0. The van der Waals surface area contributed by atoms with Crippen molar-refractivity contribution in [2.45, 2.75) is 12.8 Å². The molecule has 24 heavy (non-hydrogen) atoms. The molecule has 0 radical (unpaired) electrons. The number of carbonyl (C=O) groups is 1. The van der Waals surface area contributed by atoms with Gasteiger partial charge in [-0.1, -0.05) is 24.3 Å². The number of hydrogen-bond acceptors (Lipinski definition) is 3. The Kier molecular flexibility index (Phi) is 4.91. The van der Waals surface area contributed by atoms with Crippen molar-refractivity contribution >= 4 is 17.3 Å². The van der Waals surface area contributed by atoms with E-state index in [1.54, 1.807) is 4.90 Å². The van der Waals surface area contributed by atoms with E-state index in [2.05, 4.69) is 0 Å². The van der Waals surface area contributed by atoms with E-state index in [1.165, 1.54) is 0 Å². The van der Waals surface area contributed by atoms with Crippen LogP contribution in [0.1, 0.15) is 12.0 Å². The van der Waals surface area contributed by atoms with E-state index < -0.39 is 0 Å². The smallest absolute Gasteiger partial charge is 0.231 e. The van der Waals surface area contributed by atoms with Crippen molar-refractivity contribution in [2.24, 2.45) is 5.73 Å². The van der Waals surface area contributed by atoms with Crippen molar-refractivity contribution in [3.8, 4) is 5.75 Å². The Hall–Kier alpha value is -2.66. The zero-order valence-corrected chi connectivity index (χ0v) is 13.2. The third kappa shape index (κ3) is 3.16. The second kappa shape index (κ2) is 7.27. The molecule has 0 atom stereocenters. The van der Waals surface area contributed by atoms with E-state index >= 15 is 0 Å². The Morgan fingerprint density at radius 2 is 1.96 bits per heavy atom. The molecule has 0 unspecified atom stereocenters. The van der Waals surface area contributed by atoms with E-state index in [1.807, 2.05) is 48.5 Å². The molecule has 3 rings (SSSR count). The van der Waals surface area contributed by atoms with Crippen LogP contribution < -0.4 is 15.4 Å². The summed E-state index contributed by atoms with van der Waals surface area (Å²) in [6.07, 6.45) is 1.49. The highest BCUT2D eigenvalue weighted by Crippen LogP contribution is 2.38. The summed E-state index contributed by atoms with van der Waals surface area (Å²) in [6, 6.07) is 15.1. The van der Waals surface area contributed by atoms with Gasteiger partial charge >= 0.3 is 0 Å². The van der Waals surface area contributed by atoms with Crippen LogP contribution in [0.4, 0.5) is 15.8 Å². The lowest BCUT2D eigenvalue weighted by Crippen LogP contribution is -2.31. The maximum Gasteiger partial charge on any atom is 0.231 e. The summed E-state index contributed by atoms with van der Waals surface area (Å²) in [6.45, 7) is 0.211. The van der Waals surface area contributed by atoms with Gasteiger partial charge in [-0.05, 0) is 30.7 Å².